The number of benzene rings is 3. The van der Waals surface area contributed by atoms with Crippen molar-refractivity contribution in [2.24, 2.45) is 10.9 Å². The zero-order valence-electron chi connectivity index (χ0n) is 40.5. The first-order valence-corrected chi connectivity index (χ1v) is 22.1. The molecule has 2 aliphatic carbocycles. The number of hydrogen-bond acceptors (Lipinski definition) is 13. The van der Waals surface area contributed by atoms with Crippen LogP contribution in [0.2, 0.25) is 0 Å². The highest BCUT2D eigenvalue weighted by atomic mass is 16.6. The average Bonchev–Trinajstić information content (AvgIpc) is 4.02. The van der Waals surface area contributed by atoms with Crippen LogP contribution in [-0.2, 0) is 31.9 Å². The predicted octanol–water partition coefficient (Wildman–Crippen LogP) is 7.47. The van der Waals surface area contributed by atoms with Gasteiger partial charge in [0.2, 0.25) is 17.6 Å². The molecule has 0 radical (unpaired) electrons. The van der Waals surface area contributed by atoms with Crippen molar-refractivity contribution in [3.05, 3.63) is 88.0 Å². The number of ether oxygens (including phenoxy) is 3. The average molecular weight is 922 g/mol. The molecule has 6 rings (SSSR count). The van der Waals surface area contributed by atoms with E-state index < -0.39 is 23.4 Å². The monoisotopic (exact) mass is 921 g/mol. The summed E-state index contributed by atoms with van der Waals surface area (Å²) in [6.07, 6.45) is 1.43. The number of amidine groups is 1. The standard InChI is InChI=1S/C30H35N5O5.C19H28N4O4/c1-18(2)38-25-14-11-19(15-20(25)16-31)28-32-27(33-40-28)23-10-8-9-22-21(23)12-13-24(22)35(17-26(36)34(6)7)29(37)39-30(3,4)5;1-19(2,3)27-18(25)23(11-16(24)22(4)5)15-10-9-12-13(15)7-6-8-14(12)17(20)21-26/h8-11,14-15,18,24H,12-13,17H2,1-7H3;6-8,15,26H,9-11H2,1-5H3,(H2,20,21)/t24-;15-/m00/s1. The number of fused-ring (bicyclic) bond motifs is 2. The highest BCUT2D eigenvalue weighted by molar-refractivity contribution is 5.99. The molecule has 0 saturated carbocycles. The Bertz CT molecular complexity index is 2530. The number of rotatable bonds is 11. The topological polar surface area (TPSA) is 230 Å². The van der Waals surface area contributed by atoms with E-state index in [4.69, 9.17) is 29.7 Å². The number of hydrogen-bond donors (Lipinski definition) is 2. The first kappa shape index (κ1) is 50.8. The van der Waals surface area contributed by atoms with Gasteiger partial charge in [-0.2, -0.15) is 10.2 Å². The molecule has 2 aliphatic rings. The van der Waals surface area contributed by atoms with E-state index in [1.54, 1.807) is 100 Å². The van der Waals surface area contributed by atoms with Crippen molar-refractivity contribution in [1.82, 2.24) is 29.7 Å². The van der Waals surface area contributed by atoms with Gasteiger partial charge in [-0.25, -0.2) is 9.59 Å². The Morgan fingerprint density at radius 2 is 1.36 bits per heavy atom. The van der Waals surface area contributed by atoms with Crippen LogP contribution >= 0.6 is 0 Å². The Morgan fingerprint density at radius 3 is 1.85 bits per heavy atom. The lowest BCUT2D eigenvalue weighted by molar-refractivity contribution is -0.131. The molecule has 67 heavy (non-hydrogen) atoms. The number of carbonyl (C=O) groups excluding carboxylic acids is 4. The Labute approximate surface area is 392 Å². The van der Waals surface area contributed by atoms with Crippen LogP contribution in [0, 0.1) is 11.3 Å². The number of carbonyl (C=O) groups is 4. The second kappa shape index (κ2) is 21.0. The first-order valence-electron chi connectivity index (χ1n) is 22.1. The van der Waals surface area contributed by atoms with E-state index in [2.05, 4.69) is 21.4 Å². The molecule has 1 aromatic heterocycles. The van der Waals surface area contributed by atoms with Crippen molar-refractivity contribution in [2.75, 3.05) is 41.3 Å². The Hall–Kier alpha value is -7.16. The van der Waals surface area contributed by atoms with Crippen LogP contribution < -0.4 is 10.5 Å². The fourth-order valence-electron chi connectivity index (χ4n) is 7.79. The highest BCUT2D eigenvalue weighted by Gasteiger charge is 2.38. The lowest BCUT2D eigenvalue weighted by atomic mass is 10.0. The Kier molecular flexibility index (Phi) is 15.9. The van der Waals surface area contributed by atoms with Crippen molar-refractivity contribution in [1.29, 1.82) is 5.26 Å². The molecule has 0 aliphatic heterocycles. The lowest BCUT2D eigenvalue weighted by Crippen LogP contribution is -2.44. The van der Waals surface area contributed by atoms with Gasteiger partial charge in [-0.3, -0.25) is 19.4 Å². The molecule has 18 heteroatoms. The summed E-state index contributed by atoms with van der Waals surface area (Å²) in [7, 11) is 6.62. The van der Waals surface area contributed by atoms with Crippen LogP contribution in [-0.4, -0.2) is 123 Å². The van der Waals surface area contributed by atoms with Gasteiger partial charge < -0.3 is 39.5 Å². The SMILES string of the molecule is CC(C)Oc1ccc(-c2nc(-c3cccc4c3CC[C@@H]4N(CC(=O)N(C)C)C(=O)OC(C)(C)C)no2)cc1C#N.CN(C)C(=O)CN(C(=O)OC(C)(C)C)[C@H]1CCc2c(C(N)=NO)cccc21. The fraction of sp³-hybridized carbons (Fsp3) is 0.469. The van der Waals surface area contributed by atoms with E-state index in [9.17, 15) is 24.4 Å². The van der Waals surface area contributed by atoms with Crippen LogP contribution in [0.3, 0.4) is 0 Å². The second-order valence-electron chi connectivity index (χ2n) is 19.0. The minimum atomic E-state index is -0.703. The number of likely N-dealkylation sites (N-methyl/N-ethyl adjacent to an activating group) is 2. The van der Waals surface area contributed by atoms with E-state index in [0.29, 0.717) is 53.9 Å². The van der Waals surface area contributed by atoms with Gasteiger partial charge >= 0.3 is 12.2 Å². The van der Waals surface area contributed by atoms with Gasteiger partial charge in [0.05, 0.1) is 23.8 Å². The van der Waals surface area contributed by atoms with Gasteiger partial charge in [0.15, 0.2) is 5.84 Å². The number of amides is 4. The van der Waals surface area contributed by atoms with Gasteiger partial charge in [0.25, 0.3) is 5.89 Å². The van der Waals surface area contributed by atoms with Crippen molar-refractivity contribution in [3.8, 4) is 34.7 Å². The van der Waals surface area contributed by atoms with Crippen LogP contribution in [0.4, 0.5) is 9.59 Å². The quantitative estimate of drug-likeness (QED) is 0.0644. The minimum absolute atomic E-state index is 0.0284. The van der Waals surface area contributed by atoms with Crippen molar-refractivity contribution in [3.63, 3.8) is 0 Å². The van der Waals surface area contributed by atoms with Crippen LogP contribution in [0.15, 0.2) is 64.3 Å². The maximum absolute atomic E-state index is 13.2. The number of nitrogens with zero attached hydrogens (tertiary/aromatic N) is 8. The van der Waals surface area contributed by atoms with Crippen molar-refractivity contribution in [2.45, 2.75) is 110 Å². The van der Waals surface area contributed by atoms with Gasteiger partial charge in [-0.05, 0) is 122 Å². The largest absolute Gasteiger partial charge is 0.490 e. The number of oxime groups is 1. The smallest absolute Gasteiger partial charge is 0.411 e. The van der Waals surface area contributed by atoms with Gasteiger partial charge in [-0.1, -0.05) is 46.7 Å². The summed E-state index contributed by atoms with van der Waals surface area (Å²) in [5.74, 6) is 0.820. The molecular formula is C49H63N9O9. The summed E-state index contributed by atoms with van der Waals surface area (Å²) >= 11 is 0. The molecule has 0 bridgehead atoms. The minimum Gasteiger partial charge on any atom is -0.490 e. The normalized spacial score (nSPS) is 15.3. The molecule has 0 unspecified atom stereocenters. The maximum atomic E-state index is 13.2. The van der Waals surface area contributed by atoms with Gasteiger partial charge in [0.1, 0.15) is 36.1 Å². The molecule has 0 saturated heterocycles. The van der Waals surface area contributed by atoms with Crippen LogP contribution in [0.5, 0.6) is 5.75 Å². The zero-order valence-corrected chi connectivity index (χ0v) is 40.5. The molecule has 3 aromatic carbocycles. The lowest BCUT2D eigenvalue weighted by Gasteiger charge is -2.32. The molecule has 3 N–H and O–H groups in total. The molecule has 4 amide bonds. The summed E-state index contributed by atoms with van der Waals surface area (Å²) in [5.41, 5.74) is 10.5. The predicted molar refractivity (Wildman–Crippen MR) is 250 cm³/mol. The maximum Gasteiger partial charge on any atom is 0.411 e. The first-order chi connectivity index (χ1) is 31.4. The third-order valence-electron chi connectivity index (χ3n) is 10.9. The molecule has 2 atom stereocenters. The molecule has 4 aromatic rings. The summed E-state index contributed by atoms with van der Waals surface area (Å²) < 4.78 is 22.5. The van der Waals surface area contributed by atoms with E-state index in [1.165, 1.54) is 19.6 Å². The summed E-state index contributed by atoms with van der Waals surface area (Å²) in [6.45, 7) is 14.4. The van der Waals surface area contributed by atoms with E-state index in [0.717, 1.165) is 27.8 Å². The van der Waals surface area contributed by atoms with Crippen molar-refractivity contribution < 1.29 is 43.1 Å². The fourth-order valence-corrected chi connectivity index (χ4v) is 7.79. The zero-order chi connectivity index (χ0) is 49.5. The Balaban J connectivity index is 0.000000271. The Morgan fingerprint density at radius 1 is 0.836 bits per heavy atom. The second-order valence-corrected chi connectivity index (χ2v) is 19.0. The van der Waals surface area contributed by atoms with E-state index >= 15 is 0 Å². The molecular weight excluding hydrogens is 859 g/mol. The molecule has 358 valence electrons. The van der Waals surface area contributed by atoms with Crippen LogP contribution in [0.25, 0.3) is 22.8 Å². The summed E-state index contributed by atoms with van der Waals surface area (Å²) in [4.78, 5) is 61.5. The van der Waals surface area contributed by atoms with Gasteiger partial charge in [-0.15, -0.1) is 0 Å². The number of nitrogens with two attached hydrogens (primary N) is 1. The van der Waals surface area contributed by atoms with Gasteiger partial charge in [0, 0.05) is 44.9 Å². The summed E-state index contributed by atoms with van der Waals surface area (Å²) in [5, 5.41) is 25.9. The highest BCUT2D eigenvalue weighted by Crippen LogP contribution is 2.42. The van der Waals surface area contributed by atoms with Crippen molar-refractivity contribution >= 4 is 29.8 Å². The molecule has 18 nitrogen and oxygen atoms in total. The molecule has 0 fully saturated rings. The molecule has 0 spiro atoms. The third-order valence-corrected chi connectivity index (χ3v) is 10.9. The summed E-state index contributed by atoms with van der Waals surface area (Å²) in [6, 6.07) is 17.9. The van der Waals surface area contributed by atoms with Crippen LogP contribution in [0.1, 0.15) is 114 Å². The molecule has 1 heterocycles. The third kappa shape index (κ3) is 12.6. The van der Waals surface area contributed by atoms with E-state index in [1.807, 2.05) is 38.1 Å². The number of nitriles is 1. The number of aromatic nitrogens is 2. The van der Waals surface area contributed by atoms with E-state index in [-0.39, 0.29) is 54.8 Å².